The van der Waals surface area contributed by atoms with Gasteiger partial charge in [0.25, 0.3) is 0 Å². The van der Waals surface area contributed by atoms with Gasteiger partial charge in [-0.1, -0.05) is 0 Å². The summed E-state index contributed by atoms with van der Waals surface area (Å²) in [6.45, 7) is 7.30. The molecule has 7 nitrogen and oxygen atoms in total. The molecule has 0 saturated carbocycles. The predicted molar refractivity (Wildman–Crippen MR) is 82.4 cm³/mol. The van der Waals surface area contributed by atoms with E-state index in [1.165, 1.54) is 0 Å². The van der Waals surface area contributed by atoms with Gasteiger partial charge in [0.05, 0.1) is 23.0 Å². The largest absolute Gasteiger partial charge is 0.357 e. The molecule has 0 fully saturated rings. The molecule has 4 N–H and O–H groups in total. The minimum Gasteiger partial charge on any atom is -0.357 e. The molecular weight excluding hydrogens is 298 g/mol. The highest BCUT2D eigenvalue weighted by Crippen LogP contribution is 2.17. The average molecular weight is 319 g/mol. The van der Waals surface area contributed by atoms with Gasteiger partial charge in [-0.2, -0.15) is 0 Å². The second-order valence-corrected chi connectivity index (χ2v) is 7.25. The number of aryl methyl sites for hydroxylation is 2. The van der Waals surface area contributed by atoms with Gasteiger partial charge in [0.1, 0.15) is 0 Å². The van der Waals surface area contributed by atoms with Crippen molar-refractivity contribution in [2.75, 3.05) is 18.8 Å². The van der Waals surface area contributed by atoms with Gasteiger partial charge in [-0.25, -0.2) is 23.5 Å². The Labute approximate surface area is 123 Å². The highest BCUT2D eigenvalue weighted by atomic mass is 32.2. The first-order valence-corrected chi connectivity index (χ1v) is 8.80. The first-order valence-electron chi connectivity index (χ1n) is 6.27. The van der Waals surface area contributed by atoms with E-state index >= 15 is 0 Å². The van der Waals surface area contributed by atoms with Crippen LogP contribution >= 0.6 is 11.3 Å². The van der Waals surface area contributed by atoms with Crippen LogP contribution in [0.15, 0.2) is 4.99 Å². The smallest absolute Gasteiger partial charge is 0.210 e. The van der Waals surface area contributed by atoms with Crippen molar-refractivity contribution >= 4 is 27.3 Å². The highest BCUT2D eigenvalue weighted by Gasteiger charge is 2.06. The van der Waals surface area contributed by atoms with E-state index in [-0.39, 0.29) is 12.3 Å². The summed E-state index contributed by atoms with van der Waals surface area (Å²) in [7, 11) is -3.46. The van der Waals surface area contributed by atoms with Crippen molar-refractivity contribution in [1.29, 1.82) is 0 Å². The van der Waals surface area contributed by atoms with Crippen LogP contribution in [0.1, 0.15) is 22.5 Å². The SMILES string of the molecule is CCNC(=NCc1sc(C)nc1C)NCCS(N)(=O)=O. The predicted octanol–water partition coefficient (Wildman–Crippen LogP) is 0.104. The van der Waals surface area contributed by atoms with Crippen LogP contribution in [0, 0.1) is 13.8 Å². The van der Waals surface area contributed by atoms with E-state index in [1.807, 2.05) is 20.8 Å². The van der Waals surface area contributed by atoms with Crippen LogP contribution in [-0.2, 0) is 16.6 Å². The van der Waals surface area contributed by atoms with Gasteiger partial charge in [0, 0.05) is 18.0 Å². The molecule has 1 rings (SSSR count). The van der Waals surface area contributed by atoms with E-state index in [0.29, 0.717) is 19.0 Å². The lowest BCUT2D eigenvalue weighted by Crippen LogP contribution is -2.40. The third-order valence-corrected chi connectivity index (χ3v) is 4.23. The lowest BCUT2D eigenvalue weighted by atomic mass is 10.4. The number of hydrogen-bond donors (Lipinski definition) is 3. The normalized spacial score (nSPS) is 12.5. The second-order valence-electron chi connectivity index (χ2n) is 4.23. The van der Waals surface area contributed by atoms with Gasteiger partial charge in [0.15, 0.2) is 5.96 Å². The zero-order valence-electron chi connectivity index (χ0n) is 11.9. The molecule has 1 aromatic heterocycles. The van der Waals surface area contributed by atoms with E-state index in [1.54, 1.807) is 11.3 Å². The van der Waals surface area contributed by atoms with Crippen molar-refractivity contribution in [2.45, 2.75) is 27.3 Å². The van der Waals surface area contributed by atoms with E-state index < -0.39 is 10.0 Å². The molecule has 0 aliphatic carbocycles. The molecule has 1 heterocycles. The van der Waals surface area contributed by atoms with Crippen LogP contribution in [0.4, 0.5) is 0 Å². The fraction of sp³-hybridized carbons (Fsp3) is 0.636. The maximum Gasteiger partial charge on any atom is 0.210 e. The summed E-state index contributed by atoms with van der Waals surface area (Å²) in [6.07, 6.45) is 0. The van der Waals surface area contributed by atoms with Crippen molar-refractivity contribution in [3.05, 3.63) is 15.6 Å². The van der Waals surface area contributed by atoms with E-state index in [9.17, 15) is 8.42 Å². The van der Waals surface area contributed by atoms with Gasteiger partial charge < -0.3 is 10.6 Å². The Bertz CT molecular complexity index is 565. The molecule has 20 heavy (non-hydrogen) atoms. The topological polar surface area (TPSA) is 109 Å². The van der Waals surface area contributed by atoms with Crippen molar-refractivity contribution in [3.63, 3.8) is 0 Å². The Kier molecular flexibility index (Phi) is 6.37. The molecule has 0 atom stereocenters. The number of nitrogens with two attached hydrogens (primary N) is 1. The molecule has 0 bridgehead atoms. The number of thiazole rings is 1. The Morgan fingerprint density at radius 1 is 1.40 bits per heavy atom. The van der Waals surface area contributed by atoms with E-state index in [2.05, 4.69) is 20.6 Å². The third kappa shape index (κ3) is 6.31. The third-order valence-electron chi connectivity index (χ3n) is 2.40. The number of nitrogens with zero attached hydrogens (tertiary/aromatic N) is 2. The van der Waals surface area contributed by atoms with Crippen LogP contribution in [0.25, 0.3) is 0 Å². The van der Waals surface area contributed by atoms with Crippen molar-refractivity contribution in [3.8, 4) is 0 Å². The Hall–Kier alpha value is -1.19. The summed E-state index contributed by atoms with van der Waals surface area (Å²) < 4.78 is 21.7. The number of primary sulfonamides is 1. The number of hydrogen-bond acceptors (Lipinski definition) is 5. The van der Waals surface area contributed by atoms with Crippen LogP contribution in [-0.4, -0.2) is 38.2 Å². The summed E-state index contributed by atoms with van der Waals surface area (Å²) in [4.78, 5) is 9.85. The molecular formula is C11H21N5O2S2. The summed E-state index contributed by atoms with van der Waals surface area (Å²) in [5, 5.41) is 12.0. The maximum atomic E-state index is 10.9. The molecule has 0 aromatic carbocycles. The second kappa shape index (κ2) is 7.55. The summed E-state index contributed by atoms with van der Waals surface area (Å²) in [5.74, 6) is 0.442. The summed E-state index contributed by atoms with van der Waals surface area (Å²) in [6, 6.07) is 0. The van der Waals surface area contributed by atoms with Crippen LogP contribution < -0.4 is 15.8 Å². The van der Waals surface area contributed by atoms with Crippen molar-refractivity contribution in [2.24, 2.45) is 10.1 Å². The fourth-order valence-electron chi connectivity index (χ4n) is 1.52. The Balaban J connectivity index is 2.60. The van der Waals surface area contributed by atoms with Gasteiger partial charge in [-0.05, 0) is 20.8 Å². The molecule has 1 aromatic rings. The molecule has 0 saturated heterocycles. The number of aliphatic imine (C=N–C) groups is 1. The fourth-order valence-corrected chi connectivity index (χ4v) is 2.77. The number of rotatable bonds is 6. The van der Waals surface area contributed by atoms with Gasteiger partial charge in [-0.15, -0.1) is 11.3 Å². The molecule has 0 amide bonds. The zero-order valence-corrected chi connectivity index (χ0v) is 13.6. The molecule has 0 radical (unpaired) electrons. The van der Waals surface area contributed by atoms with Crippen molar-refractivity contribution < 1.29 is 8.42 Å². The minimum atomic E-state index is -3.46. The standard InChI is InChI=1S/C11H21N5O2S2/c1-4-13-11(14-5-6-20(12,17)18)15-7-10-8(2)16-9(3)19-10/h4-7H2,1-3H3,(H2,12,17,18)(H2,13,14,15). The monoisotopic (exact) mass is 319 g/mol. The zero-order chi connectivity index (χ0) is 15.2. The van der Waals surface area contributed by atoms with Crippen LogP contribution in [0.2, 0.25) is 0 Å². The Morgan fingerprint density at radius 3 is 2.60 bits per heavy atom. The number of nitrogens with one attached hydrogen (secondary N) is 2. The average Bonchev–Trinajstić information content (AvgIpc) is 2.63. The minimum absolute atomic E-state index is 0.129. The van der Waals surface area contributed by atoms with Crippen molar-refractivity contribution in [1.82, 2.24) is 15.6 Å². The van der Waals surface area contributed by atoms with E-state index in [4.69, 9.17) is 5.14 Å². The summed E-state index contributed by atoms with van der Waals surface area (Å²) in [5.41, 5.74) is 0.983. The highest BCUT2D eigenvalue weighted by molar-refractivity contribution is 7.89. The van der Waals surface area contributed by atoms with E-state index in [0.717, 1.165) is 15.6 Å². The number of guanidine groups is 1. The molecule has 0 aliphatic rings. The maximum absolute atomic E-state index is 10.9. The number of aromatic nitrogens is 1. The Morgan fingerprint density at radius 2 is 2.10 bits per heavy atom. The van der Waals surface area contributed by atoms with Crippen LogP contribution in [0.3, 0.4) is 0 Å². The first kappa shape index (κ1) is 16.9. The molecule has 0 aliphatic heterocycles. The lowest BCUT2D eigenvalue weighted by molar-refractivity contribution is 0.596. The molecule has 0 spiro atoms. The number of sulfonamides is 1. The first-order chi connectivity index (χ1) is 9.31. The quantitative estimate of drug-likeness (QED) is 0.509. The molecule has 114 valence electrons. The lowest BCUT2D eigenvalue weighted by Gasteiger charge is -2.10. The van der Waals surface area contributed by atoms with Crippen LogP contribution in [0.5, 0.6) is 0 Å². The van der Waals surface area contributed by atoms with Gasteiger partial charge in [-0.3, -0.25) is 0 Å². The summed E-state index contributed by atoms with van der Waals surface area (Å²) >= 11 is 1.61. The van der Waals surface area contributed by atoms with Gasteiger partial charge in [0.2, 0.25) is 10.0 Å². The molecule has 9 heteroatoms. The molecule has 0 unspecified atom stereocenters. The van der Waals surface area contributed by atoms with Gasteiger partial charge >= 0.3 is 0 Å².